The second-order valence-electron chi connectivity index (χ2n) is 6.06. The molecule has 23 heavy (non-hydrogen) atoms. The highest BCUT2D eigenvalue weighted by molar-refractivity contribution is 14.1. The molecule has 0 fully saturated rings. The maximum absolute atomic E-state index is 12.3. The van der Waals surface area contributed by atoms with E-state index in [-0.39, 0.29) is 11.4 Å². The molecule has 0 bridgehead atoms. The molecule has 0 radical (unpaired) electrons. The van der Waals surface area contributed by atoms with Gasteiger partial charge in [0.1, 0.15) is 5.75 Å². The van der Waals surface area contributed by atoms with E-state index in [9.17, 15) is 4.79 Å². The van der Waals surface area contributed by atoms with Gasteiger partial charge in [0.2, 0.25) is 5.44 Å². The summed E-state index contributed by atoms with van der Waals surface area (Å²) in [7, 11) is 0. The Balaban J connectivity index is 2.27. The van der Waals surface area contributed by atoms with E-state index in [1.54, 1.807) is 6.20 Å². The van der Waals surface area contributed by atoms with Gasteiger partial charge in [0.25, 0.3) is 5.91 Å². The zero-order valence-corrected chi connectivity index (χ0v) is 17.9. The molecule has 1 unspecified atom stereocenters. The van der Waals surface area contributed by atoms with Crippen molar-refractivity contribution >= 4 is 67.1 Å². The molecule has 1 amide bonds. The number of pyridine rings is 1. The van der Waals surface area contributed by atoms with Crippen molar-refractivity contribution in [3.63, 3.8) is 0 Å². The third kappa shape index (κ3) is 5.22. The predicted octanol–water partition coefficient (Wildman–Crippen LogP) is 4.58. The average Bonchev–Trinajstić information content (AvgIpc) is 2.42. The first kappa shape index (κ1) is 18.8. The van der Waals surface area contributed by atoms with Crippen molar-refractivity contribution in [1.82, 2.24) is 10.3 Å². The SMILES string of the molecule is CSC(Oc1cc(I)c2ncc(Br)cc2c1)C(=O)NC(C)(C)C. The quantitative estimate of drug-likeness (QED) is 0.485. The van der Waals surface area contributed by atoms with Crippen LogP contribution in [0.4, 0.5) is 0 Å². The van der Waals surface area contributed by atoms with Gasteiger partial charge in [-0.25, -0.2) is 0 Å². The number of amides is 1. The maximum atomic E-state index is 12.3. The Morgan fingerprint density at radius 3 is 2.70 bits per heavy atom. The first-order chi connectivity index (χ1) is 10.7. The van der Waals surface area contributed by atoms with Crippen LogP contribution in [0.3, 0.4) is 0 Å². The number of carbonyl (C=O) groups is 1. The molecule has 1 N–H and O–H groups in total. The van der Waals surface area contributed by atoms with Gasteiger partial charge in [0.05, 0.1) is 5.52 Å². The third-order valence-corrected chi connectivity index (χ3v) is 4.84. The topological polar surface area (TPSA) is 51.2 Å². The minimum Gasteiger partial charge on any atom is -0.470 e. The van der Waals surface area contributed by atoms with Crippen molar-refractivity contribution in [3.05, 3.63) is 32.4 Å². The molecular weight excluding hydrogens is 491 g/mol. The van der Waals surface area contributed by atoms with Gasteiger partial charge in [0, 0.05) is 25.2 Å². The number of benzene rings is 1. The number of aromatic nitrogens is 1. The largest absolute Gasteiger partial charge is 0.470 e. The molecule has 4 nitrogen and oxygen atoms in total. The van der Waals surface area contributed by atoms with E-state index in [4.69, 9.17) is 4.74 Å². The summed E-state index contributed by atoms with van der Waals surface area (Å²) >= 11 is 7.02. The second-order valence-corrected chi connectivity index (χ2v) is 9.03. The summed E-state index contributed by atoms with van der Waals surface area (Å²) in [4.78, 5) is 16.7. The van der Waals surface area contributed by atoms with E-state index in [0.29, 0.717) is 5.75 Å². The molecule has 0 aliphatic rings. The molecule has 1 heterocycles. The van der Waals surface area contributed by atoms with Crippen LogP contribution in [0.15, 0.2) is 28.9 Å². The van der Waals surface area contributed by atoms with Gasteiger partial charge >= 0.3 is 0 Å². The van der Waals surface area contributed by atoms with Gasteiger partial charge < -0.3 is 10.1 Å². The molecule has 0 aliphatic carbocycles. The fraction of sp³-hybridized carbons (Fsp3) is 0.375. The zero-order chi connectivity index (χ0) is 17.2. The number of nitrogens with zero attached hydrogens (tertiary/aromatic N) is 1. The summed E-state index contributed by atoms with van der Waals surface area (Å²) in [5.74, 6) is 0.526. The summed E-state index contributed by atoms with van der Waals surface area (Å²) in [6, 6.07) is 5.79. The summed E-state index contributed by atoms with van der Waals surface area (Å²) in [6.07, 6.45) is 3.63. The van der Waals surface area contributed by atoms with E-state index >= 15 is 0 Å². The number of hydrogen-bond donors (Lipinski definition) is 1. The lowest BCUT2D eigenvalue weighted by Gasteiger charge is -2.24. The monoisotopic (exact) mass is 508 g/mol. The number of thioether (sulfide) groups is 1. The van der Waals surface area contributed by atoms with Crippen molar-refractivity contribution in [2.45, 2.75) is 31.7 Å². The van der Waals surface area contributed by atoms with E-state index in [1.807, 2.05) is 45.2 Å². The number of hydrogen-bond acceptors (Lipinski definition) is 4. The lowest BCUT2D eigenvalue weighted by atomic mass is 10.1. The van der Waals surface area contributed by atoms with Gasteiger partial charge in [-0.2, -0.15) is 0 Å². The molecule has 7 heteroatoms. The van der Waals surface area contributed by atoms with Crippen LogP contribution in [-0.4, -0.2) is 28.1 Å². The van der Waals surface area contributed by atoms with Crippen molar-refractivity contribution in [2.75, 3.05) is 6.26 Å². The highest BCUT2D eigenvalue weighted by Gasteiger charge is 2.24. The van der Waals surface area contributed by atoms with Crippen LogP contribution < -0.4 is 10.1 Å². The maximum Gasteiger partial charge on any atom is 0.272 e. The fourth-order valence-corrected chi connectivity index (χ4v) is 3.57. The van der Waals surface area contributed by atoms with Crippen molar-refractivity contribution in [1.29, 1.82) is 0 Å². The lowest BCUT2D eigenvalue weighted by molar-refractivity contribution is -0.125. The van der Waals surface area contributed by atoms with E-state index in [1.165, 1.54) is 11.8 Å². The molecule has 0 aliphatic heterocycles. The smallest absolute Gasteiger partial charge is 0.272 e. The van der Waals surface area contributed by atoms with Gasteiger partial charge in [-0.1, -0.05) is 0 Å². The van der Waals surface area contributed by atoms with Crippen LogP contribution in [0.1, 0.15) is 20.8 Å². The molecule has 2 aromatic rings. The minimum absolute atomic E-state index is 0.132. The number of rotatable bonds is 4. The lowest BCUT2D eigenvalue weighted by Crippen LogP contribution is -2.46. The Hall–Kier alpha value is -0.540. The average molecular weight is 509 g/mol. The molecular formula is C16H18BrIN2O2S. The normalized spacial score (nSPS) is 13.0. The Bertz CT molecular complexity index is 734. The molecule has 1 aromatic carbocycles. The van der Waals surface area contributed by atoms with Gasteiger partial charge in [-0.05, 0) is 83.7 Å². The molecule has 124 valence electrons. The van der Waals surface area contributed by atoms with Crippen LogP contribution in [0.5, 0.6) is 5.75 Å². The summed E-state index contributed by atoms with van der Waals surface area (Å²) < 4.78 is 7.80. The predicted molar refractivity (Wildman–Crippen MR) is 108 cm³/mol. The summed E-state index contributed by atoms with van der Waals surface area (Å²) in [5, 5.41) is 3.91. The first-order valence-corrected chi connectivity index (χ1v) is 10.1. The number of halogens is 2. The first-order valence-electron chi connectivity index (χ1n) is 6.96. The number of ether oxygens (including phenoxy) is 1. The van der Waals surface area contributed by atoms with Crippen molar-refractivity contribution in [2.24, 2.45) is 0 Å². The molecule has 1 aromatic heterocycles. The van der Waals surface area contributed by atoms with E-state index < -0.39 is 5.44 Å². The highest BCUT2D eigenvalue weighted by Crippen LogP contribution is 2.29. The van der Waals surface area contributed by atoms with Gasteiger partial charge in [0.15, 0.2) is 0 Å². The fourth-order valence-electron chi connectivity index (χ4n) is 1.98. The number of fused-ring (bicyclic) bond motifs is 1. The Kier molecular flexibility index (Phi) is 6.18. The van der Waals surface area contributed by atoms with Crippen molar-refractivity contribution in [3.8, 4) is 5.75 Å². The summed E-state index contributed by atoms with van der Waals surface area (Å²) in [5.41, 5.74) is 0.0321. The van der Waals surface area contributed by atoms with Crippen LogP contribution >= 0.6 is 50.3 Å². The third-order valence-electron chi connectivity index (χ3n) is 2.85. The van der Waals surface area contributed by atoms with Crippen molar-refractivity contribution < 1.29 is 9.53 Å². The molecule has 0 saturated heterocycles. The number of nitrogens with one attached hydrogen (secondary N) is 1. The van der Waals surface area contributed by atoms with Crippen LogP contribution in [0.25, 0.3) is 10.9 Å². The Morgan fingerprint density at radius 2 is 2.09 bits per heavy atom. The number of carbonyl (C=O) groups excluding carboxylic acids is 1. The minimum atomic E-state index is -0.595. The van der Waals surface area contributed by atoms with Gasteiger partial charge in [-0.15, -0.1) is 11.8 Å². The van der Waals surface area contributed by atoms with E-state index in [2.05, 4.69) is 48.8 Å². The molecule has 0 spiro atoms. The Morgan fingerprint density at radius 1 is 1.39 bits per heavy atom. The van der Waals surface area contributed by atoms with Crippen LogP contribution in [0, 0.1) is 3.57 Å². The van der Waals surface area contributed by atoms with Crippen LogP contribution in [0.2, 0.25) is 0 Å². The second kappa shape index (κ2) is 7.57. The molecule has 0 saturated carbocycles. The molecule has 1 atom stereocenters. The summed E-state index contributed by atoms with van der Waals surface area (Å²) in [6.45, 7) is 5.85. The Labute approximate surface area is 162 Å². The molecule has 2 rings (SSSR count). The highest BCUT2D eigenvalue weighted by atomic mass is 127. The van der Waals surface area contributed by atoms with Gasteiger partial charge in [-0.3, -0.25) is 9.78 Å². The van der Waals surface area contributed by atoms with E-state index in [0.717, 1.165) is 18.9 Å². The standard InChI is InChI=1S/C16H18BrIN2O2S/c1-16(2,3)20-14(21)15(23-4)22-11-6-9-5-10(17)8-19-13(9)12(18)7-11/h5-8,15H,1-4H3,(H,20,21). The van der Waals surface area contributed by atoms with Crippen LogP contribution in [-0.2, 0) is 4.79 Å². The zero-order valence-electron chi connectivity index (χ0n) is 13.3.